The van der Waals surface area contributed by atoms with Crippen LogP contribution in [0.25, 0.3) is 0 Å². The lowest BCUT2D eigenvalue weighted by Gasteiger charge is -2.08. The van der Waals surface area contributed by atoms with Crippen LogP contribution >= 0.6 is 11.6 Å². The summed E-state index contributed by atoms with van der Waals surface area (Å²) >= 11 is 5.78. The summed E-state index contributed by atoms with van der Waals surface area (Å²) < 4.78 is 0. The number of hydrogen-bond donors (Lipinski definition) is 4. The van der Waals surface area contributed by atoms with Gasteiger partial charge in [-0.1, -0.05) is 11.6 Å². The molecule has 0 aliphatic heterocycles. The van der Waals surface area contributed by atoms with E-state index in [1.165, 1.54) is 18.2 Å². The van der Waals surface area contributed by atoms with Gasteiger partial charge in [0, 0.05) is 0 Å². The number of nitrogens with one attached hydrogen (secondary N) is 2. The Labute approximate surface area is 107 Å². The molecule has 0 unspecified atom stereocenters. The molecule has 8 heteroatoms. The lowest BCUT2D eigenvalue weighted by Crippen LogP contribution is -2.36. The molecule has 1 aromatic rings. The lowest BCUT2D eigenvalue weighted by molar-refractivity contribution is -0.117. The average molecular weight is 272 g/mol. The molecule has 0 aliphatic carbocycles. The smallest absolute Gasteiger partial charge is 0.335 e. The van der Waals surface area contributed by atoms with Crippen LogP contribution in [0.4, 0.5) is 10.5 Å². The fourth-order valence-electron chi connectivity index (χ4n) is 1.09. The van der Waals surface area contributed by atoms with Gasteiger partial charge in [0.25, 0.3) is 0 Å². The van der Waals surface area contributed by atoms with E-state index in [0.717, 1.165) is 0 Å². The number of carboxylic acid groups (broad SMARTS) is 1. The van der Waals surface area contributed by atoms with E-state index < -0.39 is 17.9 Å². The van der Waals surface area contributed by atoms with Gasteiger partial charge in [-0.3, -0.25) is 4.79 Å². The van der Waals surface area contributed by atoms with Gasteiger partial charge in [-0.2, -0.15) is 0 Å². The van der Waals surface area contributed by atoms with Gasteiger partial charge in [0.05, 0.1) is 22.8 Å². The summed E-state index contributed by atoms with van der Waals surface area (Å²) in [5.74, 6) is -1.84. The zero-order valence-electron chi connectivity index (χ0n) is 9.07. The molecule has 1 aromatic carbocycles. The highest BCUT2D eigenvalue weighted by Crippen LogP contribution is 2.22. The minimum absolute atomic E-state index is 0.0235. The number of carboxylic acids is 1. The minimum Gasteiger partial charge on any atom is -0.478 e. The third-order valence-electron chi connectivity index (χ3n) is 1.88. The SMILES string of the molecule is NC(=O)CNC(=O)Nc1cc(C(=O)O)ccc1Cl. The van der Waals surface area contributed by atoms with Crippen LogP contribution in [0.5, 0.6) is 0 Å². The van der Waals surface area contributed by atoms with Crippen LogP contribution < -0.4 is 16.4 Å². The first-order valence-electron chi connectivity index (χ1n) is 4.76. The zero-order chi connectivity index (χ0) is 13.7. The van der Waals surface area contributed by atoms with Crippen molar-refractivity contribution in [3.8, 4) is 0 Å². The van der Waals surface area contributed by atoms with E-state index in [1.807, 2.05) is 0 Å². The molecule has 0 atom stereocenters. The molecule has 0 saturated carbocycles. The van der Waals surface area contributed by atoms with E-state index in [1.54, 1.807) is 0 Å². The zero-order valence-corrected chi connectivity index (χ0v) is 9.82. The Morgan fingerprint density at radius 1 is 1.33 bits per heavy atom. The van der Waals surface area contributed by atoms with Crippen molar-refractivity contribution in [1.82, 2.24) is 5.32 Å². The molecule has 0 spiro atoms. The van der Waals surface area contributed by atoms with Gasteiger partial charge in [0.2, 0.25) is 5.91 Å². The van der Waals surface area contributed by atoms with Crippen LogP contribution in [0.2, 0.25) is 5.02 Å². The summed E-state index contributed by atoms with van der Waals surface area (Å²) in [5, 5.41) is 13.4. The third kappa shape index (κ3) is 3.95. The van der Waals surface area contributed by atoms with E-state index in [9.17, 15) is 14.4 Å². The number of nitrogens with two attached hydrogens (primary N) is 1. The molecule has 0 saturated heterocycles. The summed E-state index contributed by atoms with van der Waals surface area (Å²) in [6.45, 7) is -0.331. The van der Waals surface area contributed by atoms with Crippen molar-refractivity contribution >= 4 is 35.2 Å². The second-order valence-electron chi connectivity index (χ2n) is 3.27. The van der Waals surface area contributed by atoms with Crippen molar-refractivity contribution in [2.24, 2.45) is 5.73 Å². The molecule has 0 aliphatic rings. The number of carbonyl (C=O) groups excluding carboxylic acids is 2. The molecule has 18 heavy (non-hydrogen) atoms. The summed E-state index contributed by atoms with van der Waals surface area (Å²) in [6.07, 6.45) is 0. The maximum atomic E-state index is 11.3. The highest BCUT2D eigenvalue weighted by molar-refractivity contribution is 6.33. The fraction of sp³-hybridized carbons (Fsp3) is 0.100. The Hall–Kier alpha value is -2.28. The number of carbonyl (C=O) groups is 3. The number of urea groups is 1. The number of anilines is 1. The van der Waals surface area contributed by atoms with Gasteiger partial charge in [-0.05, 0) is 18.2 Å². The monoisotopic (exact) mass is 271 g/mol. The van der Waals surface area contributed by atoms with Crippen LogP contribution in [-0.2, 0) is 4.79 Å². The highest BCUT2D eigenvalue weighted by Gasteiger charge is 2.10. The quantitative estimate of drug-likeness (QED) is 0.642. The molecule has 5 N–H and O–H groups in total. The number of aromatic carboxylic acids is 1. The second-order valence-corrected chi connectivity index (χ2v) is 3.68. The number of hydrogen-bond acceptors (Lipinski definition) is 3. The minimum atomic E-state index is -1.15. The number of rotatable bonds is 4. The van der Waals surface area contributed by atoms with E-state index in [4.69, 9.17) is 22.4 Å². The number of primary amides is 1. The Balaban J connectivity index is 2.77. The van der Waals surface area contributed by atoms with Crippen molar-refractivity contribution in [3.05, 3.63) is 28.8 Å². The summed E-state index contributed by atoms with van der Waals surface area (Å²) in [4.78, 5) is 32.5. The highest BCUT2D eigenvalue weighted by atomic mass is 35.5. The van der Waals surface area contributed by atoms with Gasteiger partial charge < -0.3 is 21.5 Å². The van der Waals surface area contributed by atoms with E-state index in [2.05, 4.69) is 10.6 Å². The van der Waals surface area contributed by atoms with Gasteiger partial charge in [0.1, 0.15) is 0 Å². The number of halogens is 1. The van der Waals surface area contributed by atoms with Crippen molar-refractivity contribution in [2.45, 2.75) is 0 Å². The lowest BCUT2D eigenvalue weighted by atomic mass is 10.2. The molecule has 0 radical (unpaired) electrons. The molecular formula is C10H10ClN3O4. The molecule has 7 nitrogen and oxygen atoms in total. The third-order valence-corrected chi connectivity index (χ3v) is 2.21. The Kier molecular flexibility index (Phi) is 4.50. The van der Waals surface area contributed by atoms with E-state index in [-0.39, 0.29) is 22.8 Å². The molecule has 0 fully saturated rings. The summed E-state index contributed by atoms with van der Waals surface area (Å²) in [7, 11) is 0. The van der Waals surface area contributed by atoms with Crippen LogP contribution in [0.3, 0.4) is 0 Å². The Bertz CT molecular complexity index is 504. The molecule has 0 aromatic heterocycles. The molecule has 96 valence electrons. The predicted octanol–water partition coefficient (Wildman–Crippen LogP) is 0.645. The Morgan fingerprint density at radius 2 is 2.00 bits per heavy atom. The summed E-state index contributed by atoms with van der Waals surface area (Å²) in [5.41, 5.74) is 4.94. The molecular weight excluding hydrogens is 262 g/mol. The van der Waals surface area contributed by atoms with Crippen LogP contribution in [-0.4, -0.2) is 29.6 Å². The average Bonchev–Trinajstić information content (AvgIpc) is 2.29. The van der Waals surface area contributed by atoms with Crippen molar-refractivity contribution in [1.29, 1.82) is 0 Å². The van der Waals surface area contributed by atoms with Crippen molar-refractivity contribution in [3.63, 3.8) is 0 Å². The number of amides is 3. The van der Waals surface area contributed by atoms with Crippen LogP contribution in [0.15, 0.2) is 18.2 Å². The molecule has 1 rings (SSSR count). The van der Waals surface area contributed by atoms with Gasteiger partial charge in [0.15, 0.2) is 0 Å². The van der Waals surface area contributed by atoms with E-state index >= 15 is 0 Å². The first kappa shape index (κ1) is 13.8. The van der Waals surface area contributed by atoms with Gasteiger partial charge in [-0.25, -0.2) is 9.59 Å². The Morgan fingerprint density at radius 3 is 2.56 bits per heavy atom. The van der Waals surface area contributed by atoms with Crippen molar-refractivity contribution in [2.75, 3.05) is 11.9 Å². The number of benzene rings is 1. The van der Waals surface area contributed by atoms with Gasteiger partial charge >= 0.3 is 12.0 Å². The topological polar surface area (TPSA) is 122 Å². The standard InChI is InChI=1S/C10H10ClN3O4/c11-6-2-1-5(9(16)17)3-7(6)14-10(18)13-4-8(12)15/h1-3H,4H2,(H2,12,15)(H,16,17)(H2,13,14,18). The van der Waals surface area contributed by atoms with Gasteiger partial charge in [-0.15, -0.1) is 0 Å². The predicted molar refractivity (Wildman–Crippen MR) is 64.6 cm³/mol. The summed E-state index contributed by atoms with van der Waals surface area (Å²) in [6, 6.07) is 3.14. The van der Waals surface area contributed by atoms with Crippen LogP contribution in [0, 0.1) is 0 Å². The first-order chi connectivity index (χ1) is 8.40. The molecule has 0 bridgehead atoms. The van der Waals surface area contributed by atoms with E-state index in [0.29, 0.717) is 0 Å². The maximum absolute atomic E-state index is 11.3. The first-order valence-corrected chi connectivity index (χ1v) is 5.14. The fourth-order valence-corrected chi connectivity index (χ4v) is 1.25. The molecule has 3 amide bonds. The second kappa shape index (κ2) is 5.87. The normalized spacial score (nSPS) is 9.61. The maximum Gasteiger partial charge on any atom is 0.335 e. The largest absolute Gasteiger partial charge is 0.478 e. The van der Waals surface area contributed by atoms with Crippen molar-refractivity contribution < 1.29 is 19.5 Å². The van der Waals surface area contributed by atoms with Crippen LogP contribution in [0.1, 0.15) is 10.4 Å². The molecule has 0 heterocycles.